The molecule has 0 spiro atoms. The van der Waals surface area contributed by atoms with Gasteiger partial charge in [0.15, 0.2) is 0 Å². The molecule has 2 saturated heterocycles. The van der Waals surface area contributed by atoms with Crippen LogP contribution in [0.15, 0.2) is 23.8 Å². The zero-order valence-corrected chi connectivity index (χ0v) is 15.4. The van der Waals surface area contributed by atoms with E-state index in [2.05, 4.69) is 46.9 Å². The molecule has 4 heteroatoms. The lowest BCUT2D eigenvalue weighted by molar-refractivity contribution is 0.0425. The van der Waals surface area contributed by atoms with Crippen LogP contribution in [0.25, 0.3) is 0 Å². The molecule has 0 aromatic rings. The van der Waals surface area contributed by atoms with Crippen molar-refractivity contribution >= 4 is 0 Å². The van der Waals surface area contributed by atoms with Crippen molar-refractivity contribution in [1.29, 1.82) is 0 Å². The highest BCUT2D eigenvalue weighted by molar-refractivity contribution is 5.40. The third kappa shape index (κ3) is 3.22. The highest BCUT2D eigenvalue weighted by Gasteiger charge is 2.56. The Hall–Kier alpha value is -0.680. The van der Waals surface area contributed by atoms with Gasteiger partial charge in [0.2, 0.25) is 0 Å². The van der Waals surface area contributed by atoms with Crippen molar-refractivity contribution < 1.29 is 4.74 Å². The SMILES string of the molecule is CCN(C)C1CCN(C23C=CC(CN4CCOCC4)=CC2C3)CC1. The fourth-order valence-electron chi connectivity index (χ4n) is 4.83. The summed E-state index contributed by atoms with van der Waals surface area (Å²) in [6, 6.07) is 0.792. The van der Waals surface area contributed by atoms with Crippen molar-refractivity contribution in [3.05, 3.63) is 23.8 Å². The lowest BCUT2D eigenvalue weighted by Crippen LogP contribution is -2.48. The first kappa shape index (κ1) is 16.8. The van der Waals surface area contributed by atoms with Gasteiger partial charge >= 0.3 is 0 Å². The lowest BCUT2D eigenvalue weighted by atomic mass is 9.96. The quantitative estimate of drug-likeness (QED) is 0.767. The Labute approximate surface area is 147 Å². The summed E-state index contributed by atoms with van der Waals surface area (Å²) in [6.45, 7) is 11.0. The largest absolute Gasteiger partial charge is 0.379 e. The van der Waals surface area contributed by atoms with Gasteiger partial charge in [-0.1, -0.05) is 25.2 Å². The van der Waals surface area contributed by atoms with E-state index in [1.165, 1.54) is 44.5 Å². The van der Waals surface area contributed by atoms with Gasteiger partial charge < -0.3 is 9.64 Å². The number of likely N-dealkylation sites (tertiary alicyclic amines) is 1. The number of ether oxygens (including phenoxy) is 1. The molecule has 1 saturated carbocycles. The maximum absolute atomic E-state index is 5.46. The monoisotopic (exact) mass is 331 g/mol. The summed E-state index contributed by atoms with van der Waals surface area (Å²) >= 11 is 0. The molecule has 0 amide bonds. The Morgan fingerprint density at radius 3 is 2.62 bits per heavy atom. The minimum Gasteiger partial charge on any atom is -0.379 e. The van der Waals surface area contributed by atoms with Crippen LogP contribution in [-0.2, 0) is 4.74 Å². The molecule has 2 aliphatic heterocycles. The van der Waals surface area contributed by atoms with Gasteiger partial charge in [0.05, 0.1) is 13.2 Å². The molecule has 4 nitrogen and oxygen atoms in total. The molecular formula is C20H33N3O. The van der Waals surface area contributed by atoms with Crippen LogP contribution in [0, 0.1) is 5.92 Å². The Morgan fingerprint density at radius 1 is 1.21 bits per heavy atom. The van der Waals surface area contributed by atoms with E-state index in [0.29, 0.717) is 5.54 Å². The van der Waals surface area contributed by atoms with Gasteiger partial charge in [0, 0.05) is 50.2 Å². The third-order valence-corrected chi connectivity index (χ3v) is 6.72. The second-order valence-corrected chi connectivity index (χ2v) is 8.06. The average molecular weight is 332 g/mol. The van der Waals surface area contributed by atoms with Crippen molar-refractivity contribution in [1.82, 2.24) is 14.7 Å². The number of rotatable bonds is 5. The zero-order chi connectivity index (χ0) is 16.6. The minimum absolute atomic E-state index is 0.379. The van der Waals surface area contributed by atoms with Crippen molar-refractivity contribution in [3.8, 4) is 0 Å². The van der Waals surface area contributed by atoms with Gasteiger partial charge in [0.1, 0.15) is 0 Å². The second-order valence-electron chi connectivity index (χ2n) is 8.06. The van der Waals surface area contributed by atoms with E-state index in [9.17, 15) is 0 Å². The third-order valence-electron chi connectivity index (χ3n) is 6.72. The molecule has 0 N–H and O–H groups in total. The van der Waals surface area contributed by atoms with Crippen LogP contribution in [0.2, 0.25) is 0 Å². The zero-order valence-electron chi connectivity index (χ0n) is 15.4. The van der Waals surface area contributed by atoms with Crippen molar-refractivity contribution in [2.45, 2.75) is 37.8 Å². The average Bonchev–Trinajstić information content (AvgIpc) is 3.37. The molecular weight excluding hydrogens is 298 g/mol. The summed E-state index contributed by atoms with van der Waals surface area (Å²) in [5.41, 5.74) is 1.90. The van der Waals surface area contributed by atoms with Crippen LogP contribution in [0.4, 0.5) is 0 Å². The summed E-state index contributed by atoms with van der Waals surface area (Å²) in [4.78, 5) is 7.83. The lowest BCUT2D eigenvalue weighted by Gasteiger charge is -2.41. The molecule has 2 atom stereocenters. The van der Waals surface area contributed by atoms with Gasteiger partial charge in [-0.3, -0.25) is 9.80 Å². The number of morpholine rings is 1. The second kappa shape index (κ2) is 6.91. The number of fused-ring (bicyclic) bond motifs is 1. The van der Waals surface area contributed by atoms with Crippen LogP contribution >= 0.6 is 0 Å². The van der Waals surface area contributed by atoms with E-state index in [-0.39, 0.29) is 0 Å². The van der Waals surface area contributed by atoms with E-state index >= 15 is 0 Å². The Bertz CT molecular complexity index is 503. The van der Waals surface area contributed by atoms with Crippen LogP contribution < -0.4 is 0 Å². The summed E-state index contributed by atoms with van der Waals surface area (Å²) < 4.78 is 5.46. The van der Waals surface area contributed by atoms with Crippen LogP contribution in [0.1, 0.15) is 26.2 Å². The van der Waals surface area contributed by atoms with Gasteiger partial charge in [-0.2, -0.15) is 0 Å². The highest BCUT2D eigenvalue weighted by atomic mass is 16.5. The van der Waals surface area contributed by atoms with Crippen LogP contribution in [0.5, 0.6) is 0 Å². The van der Waals surface area contributed by atoms with E-state index in [1.807, 2.05) is 0 Å². The molecule has 2 unspecified atom stereocenters. The standard InChI is InChI=1S/C20H33N3O/c1-3-21(2)19-5-8-23(9-6-19)20-7-4-17(14-18(20)15-20)16-22-10-12-24-13-11-22/h4,7,14,18-19H,3,5-6,8-13,15-16H2,1-2H3. The summed E-state index contributed by atoms with van der Waals surface area (Å²) in [5, 5.41) is 0. The topological polar surface area (TPSA) is 19.0 Å². The van der Waals surface area contributed by atoms with E-state index in [0.717, 1.165) is 44.8 Å². The fraction of sp³-hybridized carbons (Fsp3) is 0.800. The predicted molar refractivity (Wildman–Crippen MR) is 98.2 cm³/mol. The van der Waals surface area contributed by atoms with Crippen molar-refractivity contribution in [2.75, 3.05) is 59.5 Å². The number of hydrogen-bond donors (Lipinski definition) is 0. The van der Waals surface area contributed by atoms with Gasteiger partial charge in [-0.25, -0.2) is 0 Å². The number of piperidine rings is 1. The first-order chi connectivity index (χ1) is 11.7. The summed E-state index contributed by atoms with van der Waals surface area (Å²) in [6.07, 6.45) is 11.5. The van der Waals surface area contributed by atoms with E-state index < -0.39 is 0 Å². The molecule has 134 valence electrons. The molecule has 0 bridgehead atoms. The maximum atomic E-state index is 5.46. The molecule has 24 heavy (non-hydrogen) atoms. The molecule has 2 aliphatic carbocycles. The Kier molecular flexibility index (Phi) is 4.83. The molecule has 2 heterocycles. The van der Waals surface area contributed by atoms with E-state index in [1.54, 1.807) is 0 Å². The smallest absolute Gasteiger partial charge is 0.0594 e. The molecule has 4 aliphatic rings. The van der Waals surface area contributed by atoms with Gasteiger partial charge in [0.25, 0.3) is 0 Å². The first-order valence-corrected chi connectivity index (χ1v) is 9.86. The number of hydrogen-bond acceptors (Lipinski definition) is 4. The molecule has 0 aromatic carbocycles. The summed E-state index contributed by atoms with van der Waals surface area (Å²) in [7, 11) is 2.28. The van der Waals surface area contributed by atoms with Crippen LogP contribution in [0.3, 0.4) is 0 Å². The van der Waals surface area contributed by atoms with Gasteiger partial charge in [-0.15, -0.1) is 0 Å². The minimum atomic E-state index is 0.379. The van der Waals surface area contributed by atoms with Crippen molar-refractivity contribution in [3.63, 3.8) is 0 Å². The molecule has 3 fully saturated rings. The fourth-order valence-corrected chi connectivity index (χ4v) is 4.83. The number of nitrogens with zero attached hydrogens (tertiary/aromatic N) is 3. The van der Waals surface area contributed by atoms with Gasteiger partial charge in [-0.05, 0) is 38.4 Å². The van der Waals surface area contributed by atoms with E-state index in [4.69, 9.17) is 4.74 Å². The molecule has 4 rings (SSSR count). The Balaban J connectivity index is 1.31. The predicted octanol–water partition coefficient (Wildman–Crippen LogP) is 1.99. The molecule has 0 radical (unpaired) electrons. The highest BCUT2D eigenvalue weighted by Crippen LogP contribution is 2.54. The normalized spacial score (nSPS) is 35.1. The summed E-state index contributed by atoms with van der Waals surface area (Å²) in [5.74, 6) is 0.763. The maximum Gasteiger partial charge on any atom is 0.0594 e. The first-order valence-electron chi connectivity index (χ1n) is 9.86. The van der Waals surface area contributed by atoms with Crippen molar-refractivity contribution in [2.24, 2.45) is 5.92 Å². The Morgan fingerprint density at radius 2 is 1.96 bits per heavy atom. The molecule has 0 aromatic heterocycles. The van der Waals surface area contributed by atoms with Crippen LogP contribution in [-0.4, -0.2) is 85.8 Å².